The van der Waals surface area contributed by atoms with E-state index in [0.29, 0.717) is 0 Å². The lowest BCUT2D eigenvalue weighted by Gasteiger charge is -2.19. The molecule has 0 spiro atoms. The highest BCUT2D eigenvalue weighted by Crippen LogP contribution is 2.18. The zero-order valence-corrected chi connectivity index (χ0v) is 16.2. The quantitative estimate of drug-likeness (QED) is 0.354. The predicted octanol–water partition coefficient (Wildman–Crippen LogP) is 5.42. The molecule has 0 aliphatic carbocycles. The third-order valence-electron chi connectivity index (χ3n) is 4.16. The van der Waals surface area contributed by atoms with E-state index in [9.17, 15) is 0 Å². The van der Waals surface area contributed by atoms with E-state index in [1.165, 1.54) is 57.0 Å². The van der Waals surface area contributed by atoms with Crippen molar-refractivity contribution in [3.05, 3.63) is 0 Å². The van der Waals surface area contributed by atoms with Gasteiger partial charge in [-0.1, -0.05) is 44.9 Å². The number of rotatable bonds is 12. The first-order chi connectivity index (χ1) is 8.83. The molecular weight excluding hydrogens is 268 g/mol. The van der Waals surface area contributed by atoms with Gasteiger partial charge >= 0.3 is 0 Å². The van der Waals surface area contributed by atoms with Crippen LogP contribution in [0.1, 0.15) is 44.9 Å². The summed E-state index contributed by atoms with van der Waals surface area (Å²) in [5, 5.41) is 0. The molecule has 0 heterocycles. The molecule has 116 valence electrons. The Morgan fingerprint density at radius 1 is 0.526 bits per heavy atom. The van der Waals surface area contributed by atoms with E-state index in [4.69, 9.17) is 8.85 Å². The van der Waals surface area contributed by atoms with Gasteiger partial charge in [-0.15, -0.1) is 0 Å². The van der Waals surface area contributed by atoms with Gasteiger partial charge in [-0.25, -0.2) is 0 Å². The first kappa shape index (κ1) is 19.4. The van der Waals surface area contributed by atoms with Crippen molar-refractivity contribution < 1.29 is 8.85 Å². The lowest BCUT2D eigenvalue weighted by molar-refractivity contribution is 0.400. The van der Waals surface area contributed by atoms with Crippen molar-refractivity contribution >= 4 is 16.6 Å². The van der Waals surface area contributed by atoms with Gasteiger partial charge in [0, 0.05) is 14.2 Å². The SMILES string of the molecule is CO[Si](C)(C)CCCCCCCCC[Si](C)(C)OC. The van der Waals surface area contributed by atoms with Gasteiger partial charge in [0.15, 0.2) is 16.6 Å². The Morgan fingerprint density at radius 2 is 0.789 bits per heavy atom. The summed E-state index contributed by atoms with van der Waals surface area (Å²) in [7, 11) is 1.16. The molecular formula is C15H36O2Si2. The van der Waals surface area contributed by atoms with E-state index in [1.54, 1.807) is 0 Å². The molecule has 0 fully saturated rings. The van der Waals surface area contributed by atoms with Crippen molar-refractivity contribution in [2.45, 2.75) is 83.2 Å². The molecule has 0 rings (SSSR count). The van der Waals surface area contributed by atoms with Crippen LogP contribution in [0.25, 0.3) is 0 Å². The average Bonchev–Trinajstić information content (AvgIpc) is 2.36. The van der Waals surface area contributed by atoms with E-state index in [2.05, 4.69) is 26.2 Å². The molecule has 0 aromatic carbocycles. The normalized spacial score (nSPS) is 12.9. The van der Waals surface area contributed by atoms with Crippen molar-refractivity contribution in [2.75, 3.05) is 14.2 Å². The van der Waals surface area contributed by atoms with E-state index < -0.39 is 16.6 Å². The molecule has 0 amide bonds. The Morgan fingerprint density at radius 3 is 1.05 bits per heavy atom. The third kappa shape index (κ3) is 11.8. The maximum Gasteiger partial charge on any atom is 0.186 e. The molecule has 0 N–H and O–H groups in total. The van der Waals surface area contributed by atoms with Crippen molar-refractivity contribution in [1.29, 1.82) is 0 Å². The van der Waals surface area contributed by atoms with Gasteiger partial charge in [0.2, 0.25) is 0 Å². The minimum Gasteiger partial charge on any atom is -0.420 e. The van der Waals surface area contributed by atoms with Crippen LogP contribution in [0.2, 0.25) is 38.3 Å². The van der Waals surface area contributed by atoms with Crippen LogP contribution in [0.15, 0.2) is 0 Å². The van der Waals surface area contributed by atoms with Crippen LogP contribution in [0.3, 0.4) is 0 Å². The summed E-state index contributed by atoms with van der Waals surface area (Å²) in [5.41, 5.74) is 0. The van der Waals surface area contributed by atoms with Gasteiger partial charge in [-0.05, 0) is 38.3 Å². The molecule has 0 aliphatic heterocycles. The van der Waals surface area contributed by atoms with Gasteiger partial charge in [0.05, 0.1) is 0 Å². The standard InChI is InChI=1S/C15H36O2Si2/c1-16-18(3,4)14-12-10-8-7-9-11-13-15-19(5,6)17-2/h7-15H2,1-6H3. The van der Waals surface area contributed by atoms with Crippen LogP contribution in [-0.4, -0.2) is 30.9 Å². The van der Waals surface area contributed by atoms with Crippen molar-refractivity contribution in [1.82, 2.24) is 0 Å². The Kier molecular flexibility index (Phi) is 10.3. The molecule has 0 aromatic heterocycles. The zero-order chi connectivity index (χ0) is 14.8. The van der Waals surface area contributed by atoms with Crippen LogP contribution in [0, 0.1) is 0 Å². The van der Waals surface area contributed by atoms with Gasteiger partial charge < -0.3 is 8.85 Å². The highest BCUT2D eigenvalue weighted by atomic mass is 28.4. The summed E-state index contributed by atoms with van der Waals surface area (Å²) >= 11 is 0. The molecule has 0 saturated carbocycles. The Labute approximate surface area is 123 Å². The van der Waals surface area contributed by atoms with Gasteiger partial charge in [-0.2, -0.15) is 0 Å². The summed E-state index contributed by atoms with van der Waals surface area (Å²) < 4.78 is 11.1. The number of hydrogen-bond donors (Lipinski definition) is 0. The Hall–Kier alpha value is 0.354. The van der Waals surface area contributed by atoms with E-state index in [-0.39, 0.29) is 0 Å². The van der Waals surface area contributed by atoms with Crippen molar-refractivity contribution in [3.63, 3.8) is 0 Å². The number of unbranched alkanes of at least 4 members (excludes halogenated alkanes) is 6. The molecule has 0 radical (unpaired) electrons. The fraction of sp³-hybridized carbons (Fsp3) is 1.00. The van der Waals surface area contributed by atoms with Gasteiger partial charge in [-0.3, -0.25) is 0 Å². The topological polar surface area (TPSA) is 18.5 Å². The lowest BCUT2D eigenvalue weighted by Crippen LogP contribution is -2.27. The lowest BCUT2D eigenvalue weighted by atomic mass is 10.1. The number of hydrogen-bond acceptors (Lipinski definition) is 2. The smallest absolute Gasteiger partial charge is 0.186 e. The maximum absolute atomic E-state index is 5.57. The molecule has 0 aromatic rings. The fourth-order valence-corrected chi connectivity index (χ4v) is 4.80. The van der Waals surface area contributed by atoms with E-state index in [1.807, 2.05) is 14.2 Å². The van der Waals surface area contributed by atoms with Gasteiger partial charge in [0.25, 0.3) is 0 Å². The van der Waals surface area contributed by atoms with Crippen LogP contribution >= 0.6 is 0 Å². The molecule has 2 nitrogen and oxygen atoms in total. The molecule has 4 heteroatoms. The average molecular weight is 305 g/mol. The van der Waals surface area contributed by atoms with E-state index >= 15 is 0 Å². The largest absolute Gasteiger partial charge is 0.420 e. The fourth-order valence-electron chi connectivity index (χ4n) is 2.19. The van der Waals surface area contributed by atoms with Crippen LogP contribution < -0.4 is 0 Å². The van der Waals surface area contributed by atoms with Gasteiger partial charge in [0.1, 0.15) is 0 Å². The summed E-state index contributed by atoms with van der Waals surface area (Å²) in [5.74, 6) is 0. The van der Waals surface area contributed by atoms with Crippen LogP contribution in [-0.2, 0) is 8.85 Å². The second-order valence-corrected chi connectivity index (χ2v) is 15.8. The summed E-state index contributed by atoms with van der Waals surface area (Å²) in [6.07, 6.45) is 9.70. The molecule has 19 heavy (non-hydrogen) atoms. The van der Waals surface area contributed by atoms with E-state index in [0.717, 1.165) is 0 Å². The molecule has 0 atom stereocenters. The summed E-state index contributed by atoms with van der Waals surface area (Å²) in [6.45, 7) is 9.26. The van der Waals surface area contributed by atoms with Crippen LogP contribution in [0.5, 0.6) is 0 Å². The highest BCUT2D eigenvalue weighted by Gasteiger charge is 2.19. The first-order valence-corrected chi connectivity index (χ1v) is 14.2. The minimum absolute atomic E-state index is 1.29. The maximum atomic E-state index is 5.57. The zero-order valence-electron chi connectivity index (χ0n) is 14.2. The van der Waals surface area contributed by atoms with Crippen molar-refractivity contribution in [2.24, 2.45) is 0 Å². The molecule has 0 unspecified atom stereocenters. The summed E-state index contributed by atoms with van der Waals surface area (Å²) in [4.78, 5) is 0. The second kappa shape index (κ2) is 10.1. The second-order valence-electron chi connectivity index (χ2n) is 6.90. The van der Waals surface area contributed by atoms with Crippen molar-refractivity contribution in [3.8, 4) is 0 Å². The first-order valence-electron chi connectivity index (χ1n) is 7.93. The predicted molar refractivity (Wildman–Crippen MR) is 90.9 cm³/mol. The third-order valence-corrected chi connectivity index (χ3v) is 9.49. The molecule has 0 aliphatic rings. The monoisotopic (exact) mass is 304 g/mol. The Balaban J connectivity index is 3.29. The summed E-state index contributed by atoms with van der Waals surface area (Å²) in [6, 6.07) is 2.63. The molecule has 0 bridgehead atoms. The Bertz CT molecular complexity index is 196. The molecule has 0 saturated heterocycles. The van der Waals surface area contributed by atoms with Crippen LogP contribution in [0.4, 0.5) is 0 Å². The minimum atomic E-state index is -1.29. The highest BCUT2D eigenvalue weighted by molar-refractivity contribution is 6.71.